The third-order valence-electron chi connectivity index (χ3n) is 2.43. The number of amides is 1. The zero-order valence-corrected chi connectivity index (χ0v) is 9.41. The van der Waals surface area contributed by atoms with Crippen LogP contribution in [0.5, 0.6) is 0 Å². The molecule has 5 heteroatoms. The van der Waals surface area contributed by atoms with Crippen molar-refractivity contribution in [2.45, 2.75) is 39.2 Å². The maximum absolute atomic E-state index is 11.4. The molecule has 0 radical (unpaired) electrons. The van der Waals surface area contributed by atoms with E-state index in [2.05, 4.69) is 5.32 Å². The summed E-state index contributed by atoms with van der Waals surface area (Å²) in [5, 5.41) is 20.0. The second-order valence-electron chi connectivity index (χ2n) is 4.06. The number of hydrogen-bond donors (Lipinski definition) is 3. The summed E-state index contributed by atoms with van der Waals surface area (Å²) < 4.78 is 0. The minimum Gasteiger partial charge on any atom is -0.479 e. The van der Waals surface area contributed by atoms with E-state index in [9.17, 15) is 9.59 Å². The van der Waals surface area contributed by atoms with Crippen molar-refractivity contribution >= 4 is 11.9 Å². The molecule has 1 amide bonds. The number of carboxylic acid groups (broad SMARTS) is 1. The average Bonchev–Trinajstić information content (AvgIpc) is 2.16. The van der Waals surface area contributed by atoms with Gasteiger partial charge in [0.25, 0.3) is 0 Å². The molecule has 2 atom stereocenters. The molecular weight excluding hydrogens is 198 g/mol. The zero-order valence-electron chi connectivity index (χ0n) is 9.41. The van der Waals surface area contributed by atoms with Crippen molar-refractivity contribution in [2.24, 2.45) is 5.92 Å². The van der Waals surface area contributed by atoms with E-state index >= 15 is 0 Å². The fraction of sp³-hybridized carbons (Fsp3) is 0.800. The maximum atomic E-state index is 11.4. The largest absolute Gasteiger partial charge is 0.479 e. The van der Waals surface area contributed by atoms with E-state index < -0.39 is 18.1 Å². The molecule has 0 heterocycles. The Bertz CT molecular complexity index is 242. The van der Waals surface area contributed by atoms with Crippen LogP contribution in [0.3, 0.4) is 0 Å². The second kappa shape index (κ2) is 5.70. The van der Waals surface area contributed by atoms with Crippen molar-refractivity contribution in [3.63, 3.8) is 0 Å². The molecule has 0 saturated carbocycles. The number of carboxylic acids is 1. The number of rotatable bonds is 6. The molecule has 2 unspecified atom stereocenters. The molecule has 0 rings (SSSR count). The molecule has 0 bridgehead atoms. The predicted octanol–water partition coefficient (Wildman–Crippen LogP) is 0.374. The number of carbonyl (C=O) groups excluding carboxylic acids is 1. The lowest BCUT2D eigenvalue weighted by Gasteiger charge is -2.24. The number of aliphatic carboxylic acids is 1. The minimum atomic E-state index is -1.58. The molecular formula is C10H19NO4. The van der Waals surface area contributed by atoms with Crippen LogP contribution in [-0.4, -0.2) is 34.2 Å². The van der Waals surface area contributed by atoms with Gasteiger partial charge in [-0.1, -0.05) is 20.3 Å². The average molecular weight is 217 g/mol. The SMILES string of the molecule is CCC(C)CC(=O)NC(C)(CO)C(=O)O. The lowest BCUT2D eigenvalue weighted by atomic mass is 10.0. The Kier molecular flexibility index (Phi) is 5.28. The number of aliphatic hydroxyl groups is 1. The van der Waals surface area contributed by atoms with E-state index in [-0.39, 0.29) is 18.2 Å². The van der Waals surface area contributed by atoms with Gasteiger partial charge in [-0.05, 0) is 12.8 Å². The molecule has 0 aliphatic rings. The first kappa shape index (κ1) is 13.9. The smallest absolute Gasteiger partial charge is 0.331 e. The normalized spacial score (nSPS) is 16.5. The third-order valence-corrected chi connectivity index (χ3v) is 2.43. The number of nitrogens with one attached hydrogen (secondary N) is 1. The van der Waals surface area contributed by atoms with Gasteiger partial charge in [0.1, 0.15) is 0 Å². The van der Waals surface area contributed by atoms with Gasteiger partial charge in [0, 0.05) is 6.42 Å². The number of hydrogen-bond acceptors (Lipinski definition) is 3. The summed E-state index contributed by atoms with van der Waals surface area (Å²) in [7, 11) is 0. The molecule has 0 spiro atoms. The first-order valence-electron chi connectivity index (χ1n) is 5.01. The summed E-state index contributed by atoms with van der Waals surface area (Å²) in [6.07, 6.45) is 1.13. The van der Waals surface area contributed by atoms with Crippen molar-refractivity contribution in [2.75, 3.05) is 6.61 Å². The monoisotopic (exact) mass is 217 g/mol. The minimum absolute atomic E-state index is 0.210. The van der Waals surface area contributed by atoms with Crippen molar-refractivity contribution in [3.8, 4) is 0 Å². The van der Waals surface area contributed by atoms with E-state index in [1.807, 2.05) is 13.8 Å². The third kappa shape index (κ3) is 4.29. The Hall–Kier alpha value is -1.10. The Morgan fingerprint density at radius 2 is 2.00 bits per heavy atom. The van der Waals surface area contributed by atoms with Crippen LogP contribution < -0.4 is 5.32 Å². The van der Waals surface area contributed by atoms with Crippen molar-refractivity contribution in [1.82, 2.24) is 5.32 Å². The van der Waals surface area contributed by atoms with Crippen LogP contribution in [0, 0.1) is 5.92 Å². The van der Waals surface area contributed by atoms with Gasteiger partial charge in [0.05, 0.1) is 6.61 Å². The van der Waals surface area contributed by atoms with Crippen LogP contribution in [0.1, 0.15) is 33.6 Å². The highest BCUT2D eigenvalue weighted by Crippen LogP contribution is 2.09. The van der Waals surface area contributed by atoms with Gasteiger partial charge in [0.15, 0.2) is 5.54 Å². The van der Waals surface area contributed by atoms with Gasteiger partial charge in [-0.2, -0.15) is 0 Å². The maximum Gasteiger partial charge on any atom is 0.331 e. The van der Waals surface area contributed by atoms with Crippen LogP contribution in [-0.2, 0) is 9.59 Å². The van der Waals surface area contributed by atoms with Crippen LogP contribution in [0.2, 0.25) is 0 Å². The molecule has 0 saturated heterocycles. The van der Waals surface area contributed by atoms with Crippen molar-refractivity contribution in [3.05, 3.63) is 0 Å². The summed E-state index contributed by atoms with van der Waals surface area (Å²) in [5.74, 6) is -1.37. The Balaban J connectivity index is 4.31. The topological polar surface area (TPSA) is 86.6 Å². The lowest BCUT2D eigenvalue weighted by Crippen LogP contribution is -2.55. The van der Waals surface area contributed by atoms with E-state index in [4.69, 9.17) is 10.2 Å². The van der Waals surface area contributed by atoms with Gasteiger partial charge in [0.2, 0.25) is 5.91 Å². The molecule has 0 aromatic carbocycles. The highest BCUT2D eigenvalue weighted by molar-refractivity contribution is 5.86. The molecule has 3 N–H and O–H groups in total. The lowest BCUT2D eigenvalue weighted by molar-refractivity contribution is -0.148. The molecule has 0 fully saturated rings. The number of carbonyl (C=O) groups is 2. The molecule has 0 aromatic rings. The van der Waals surface area contributed by atoms with Crippen LogP contribution >= 0.6 is 0 Å². The van der Waals surface area contributed by atoms with E-state index in [1.54, 1.807) is 0 Å². The van der Waals surface area contributed by atoms with Gasteiger partial charge in [-0.15, -0.1) is 0 Å². The van der Waals surface area contributed by atoms with Gasteiger partial charge in [-0.25, -0.2) is 4.79 Å². The van der Waals surface area contributed by atoms with E-state index in [0.717, 1.165) is 6.42 Å². The Morgan fingerprint density at radius 3 is 2.33 bits per heavy atom. The first-order chi connectivity index (χ1) is 6.85. The Morgan fingerprint density at radius 1 is 1.47 bits per heavy atom. The van der Waals surface area contributed by atoms with E-state index in [1.165, 1.54) is 6.92 Å². The molecule has 0 aliphatic carbocycles. The summed E-state index contributed by atoms with van der Waals surface area (Å²) >= 11 is 0. The fourth-order valence-corrected chi connectivity index (χ4v) is 0.980. The van der Waals surface area contributed by atoms with Gasteiger partial charge >= 0.3 is 5.97 Å². The summed E-state index contributed by atoms with van der Waals surface area (Å²) in [6, 6.07) is 0. The van der Waals surface area contributed by atoms with E-state index in [0.29, 0.717) is 0 Å². The highest BCUT2D eigenvalue weighted by Gasteiger charge is 2.34. The second-order valence-corrected chi connectivity index (χ2v) is 4.06. The zero-order chi connectivity index (χ0) is 12.1. The molecule has 0 aromatic heterocycles. The standard InChI is InChI=1S/C10H19NO4/c1-4-7(2)5-8(13)11-10(3,6-12)9(14)15/h7,12H,4-6H2,1-3H3,(H,11,13)(H,14,15). The Labute approximate surface area is 89.5 Å². The van der Waals surface area contributed by atoms with Crippen LogP contribution in [0.4, 0.5) is 0 Å². The summed E-state index contributed by atoms with van der Waals surface area (Å²) in [4.78, 5) is 22.2. The molecule has 15 heavy (non-hydrogen) atoms. The fourth-order valence-electron chi connectivity index (χ4n) is 0.980. The highest BCUT2D eigenvalue weighted by atomic mass is 16.4. The van der Waals surface area contributed by atoms with Gasteiger partial charge in [-0.3, -0.25) is 4.79 Å². The molecule has 5 nitrogen and oxygen atoms in total. The van der Waals surface area contributed by atoms with Gasteiger partial charge < -0.3 is 15.5 Å². The van der Waals surface area contributed by atoms with Crippen molar-refractivity contribution < 1.29 is 19.8 Å². The quantitative estimate of drug-likeness (QED) is 0.600. The predicted molar refractivity (Wildman–Crippen MR) is 55.3 cm³/mol. The molecule has 0 aliphatic heterocycles. The van der Waals surface area contributed by atoms with Crippen molar-refractivity contribution in [1.29, 1.82) is 0 Å². The molecule has 88 valence electrons. The summed E-state index contributed by atoms with van der Waals surface area (Å²) in [5.41, 5.74) is -1.58. The van der Waals surface area contributed by atoms with Crippen LogP contribution in [0.25, 0.3) is 0 Å². The van der Waals surface area contributed by atoms with Crippen LogP contribution in [0.15, 0.2) is 0 Å². The number of aliphatic hydroxyl groups excluding tert-OH is 1. The summed E-state index contributed by atoms with van der Waals surface area (Å²) in [6.45, 7) is 4.54. The first-order valence-corrected chi connectivity index (χ1v) is 5.01.